The van der Waals surface area contributed by atoms with E-state index in [2.05, 4.69) is 10.1 Å². The Morgan fingerprint density at radius 3 is 2.74 bits per heavy atom. The fourth-order valence-corrected chi connectivity index (χ4v) is 4.62. The Morgan fingerprint density at radius 2 is 2.04 bits per heavy atom. The standard InChI is InChI=1S/C15H13ClN2O3S2/c1-10-6-12(21-18-10)9-23(19,20)8-11-7-22-15(17-11)13-4-2-3-5-14(13)16/h2-7H,8-9H2,1H3. The maximum absolute atomic E-state index is 12.2. The molecule has 0 fully saturated rings. The van der Waals surface area contributed by atoms with E-state index in [0.717, 1.165) is 5.56 Å². The topological polar surface area (TPSA) is 73.1 Å². The quantitative estimate of drug-likeness (QED) is 0.683. The van der Waals surface area contributed by atoms with Crippen LogP contribution in [0.1, 0.15) is 17.1 Å². The number of thiazole rings is 1. The summed E-state index contributed by atoms with van der Waals surface area (Å²) in [4.78, 5) is 4.38. The Morgan fingerprint density at radius 1 is 1.26 bits per heavy atom. The predicted molar refractivity (Wildman–Crippen MR) is 90.1 cm³/mol. The summed E-state index contributed by atoms with van der Waals surface area (Å²) in [5.41, 5.74) is 1.96. The number of rotatable bonds is 5. The number of sulfone groups is 1. The van der Waals surface area contributed by atoms with Crippen molar-refractivity contribution in [2.75, 3.05) is 0 Å². The average molecular weight is 369 g/mol. The summed E-state index contributed by atoms with van der Waals surface area (Å²) in [5.74, 6) is 0.00425. The van der Waals surface area contributed by atoms with E-state index < -0.39 is 9.84 Å². The summed E-state index contributed by atoms with van der Waals surface area (Å²) in [6.45, 7) is 1.75. The minimum Gasteiger partial charge on any atom is -0.360 e. The minimum absolute atomic E-state index is 0.145. The summed E-state index contributed by atoms with van der Waals surface area (Å²) in [6.07, 6.45) is 0. The Balaban J connectivity index is 1.77. The number of halogens is 1. The Hall–Kier alpha value is -1.70. The number of aryl methyl sites for hydroxylation is 1. The van der Waals surface area contributed by atoms with E-state index in [1.807, 2.05) is 18.2 Å². The monoisotopic (exact) mass is 368 g/mol. The van der Waals surface area contributed by atoms with Crippen molar-refractivity contribution in [2.24, 2.45) is 0 Å². The number of nitrogens with zero attached hydrogens (tertiary/aromatic N) is 2. The van der Waals surface area contributed by atoms with Crippen LogP contribution in [0.15, 0.2) is 40.2 Å². The molecule has 0 N–H and O–H groups in total. The molecule has 0 unspecified atom stereocenters. The SMILES string of the molecule is Cc1cc(CS(=O)(=O)Cc2csc(-c3ccccc3Cl)n2)on1. The fourth-order valence-electron chi connectivity index (χ4n) is 2.11. The van der Waals surface area contributed by atoms with Crippen molar-refractivity contribution in [3.63, 3.8) is 0 Å². The molecule has 0 amide bonds. The lowest BCUT2D eigenvalue weighted by atomic mass is 10.2. The molecule has 8 heteroatoms. The molecule has 0 aliphatic carbocycles. The van der Waals surface area contributed by atoms with Gasteiger partial charge >= 0.3 is 0 Å². The first-order valence-corrected chi connectivity index (χ1v) is 9.83. The van der Waals surface area contributed by atoms with E-state index in [4.69, 9.17) is 16.1 Å². The maximum Gasteiger partial charge on any atom is 0.163 e. The second-order valence-corrected chi connectivity index (χ2v) is 8.42. The smallest absolute Gasteiger partial charge is 0.163 e. The second-order valence-electron chi connectivity index (χ2n) is 5.09. The number of aromatic nitrogens is 2. The van der Waals surface area contributed by atoms with Gasteiger partial charge in [-0.1, -0.05) is 35.0 Å². The van der Waals surface area contributed by atoms with Gasteiger partial charge in [-0.25, -0.2) is 13.4 Å². The lowest BCUT2D eigenvalue weighted by molar-refractivity contribution is 0.388. The van der Waals surface area contributed by atoms with Crippen molar-refractivity contribution in [3.05, 3.63) is 57.9 Å². The summed E-state index contributed by atoms with van der Waals surface area (Å²) in [6, 6.07) is 8.96. The van der Waals surface area contributed by atoms with Crippen LogP contribution in [0, 0.1) is 6.92 Å². The molecule has 23 heavy (non-hydrogen) atoms. The van der Waals surface area contributed by atoms with Gasteiger partial charge in [-0.3, -0.25) is 0 Å². The fraction of sp³-hybridized carbons (Fsp3) is 0.200. The van der Waals surface area contributed by atoms with Gasteiger partial charge < -0.3 is 4.52 Å². The van der Waals surface area contributed by atoms with Gasteiger partial charge in [0.15, 0.2) is 15.6 Å². The molecule has 2 heterocycles. The third-order valence-corrected chi connectivity index (χ3v) is 5.78. The van der Waals surface area contributed by atoms with E-state index in [9.17, 15) is 8.42 Å². The summed E-state index contributed by atoms with van der Waals surface area (Å²) < 4.78 is 29.4. The van der Waals surface area contributed by atoms with Crippen molar-refractivity contribution in [2.45, 2.75) is 18.4 Å². The molecule has 0 saturated carbocycles. The highest BCUT2D eigenvalue weighted by molar-refractivity contribution is 7.89. The molecule has 0 saturated heterocycles. The lowest BCUT2D eigenvalue weighted by Crippen LogP contribution is -2.07. The van der Waals surface area contributed by atoms with Crippen molar-refractivity contribution in [3.8, 4) is 10.6 Å². The maximum atomic E-state index is 12.2. The molecular formula is C15H13ClN2O3S2. The molecule has 0 spiro atoms. The first-order valence-electron chi connectivity index (χ1n) is 6.75. The van der Waals surface area contributed by atoms with Gasteiger partial charge in [-0.2, -0.15) is 0 Å². The van der Waals surface area contributed by atoms with Gasteiger partial charge in [0.05, 0.1) is 22.2 Å². The molecular weight excluding hydrogens is 356 g/mol. The Bertz CT molecular complexity index is 932. The van der Waals surface area contributed by atoms with Crippen LogP contribution in [-0.2, 0) is 21.3 Å². The molecule has 120 valence electrons. The molecule has 1 aromatic carbocycles. The Kier molecular flexibility index (Phi) is 4.52. The van der Waals surface area contributed by atoms with Gasteiger partial charge in [0.2, 0.25) is 0 Å². The predicted octanol–water partition coefficient (Wildman–Crippen LogP) is 3.87. The molecule has 0 aliphatic rings. The highest BCUT2D eigenvalue weighted by atomic mass is 35.5. The van der Waals surface area contributed by atoms with Crippen molar-refractivity contribution >= 4 is 32.8 Å². The van der Waals surface area contributed by atoms with E-state index >= 15 is 0 Å². The van der Waals surface area contributed by atoms with Crippen LogP contribution < -0.4 is 0 Å². The van der Waals surface area contributed by atoms with Gasteiger partial charge in [-0.05, 0) is 13.0 Å². The molecule has 2 aromatic heterocycles. The first-order chi connectivity index (χ1) is 10.9. The highest BCUT2D eigenvalue weighted by Crippen LogP contribution is 2.30. The highest BCUT2D eigenvalue weighted by Gasteiger charge is 2.18. The summed E-state index contributed by atoms with van der Waals surface area (Å²) >= 11 is 7.51. The minimum atomic E-state index is -3.38. The third kappa shape index (κ3) is 3.99. The molecule has 0 bridgehead atoms. The molecule has 5 nitrogen and oxygen atoms in total. The third-order valence-electron chi connectivity index (χ3n) is 3.06. The molecule has 0 atom stereocenters. The largest absolute Gasteiger partial charge is 0.360 e. The summed E-state index contributed by atoms with van der Waals surface area (Å²) in [7, 11) is -3.38. The van der Waals surface area contributed by atoms with Gasteiger partial charge in [0, 0.05) is 17.0 Å². The zero-order valence-electron chi connectivity index (χ0n) is 12.2. The van der Waals surface area contributed by atoms with Crippen LogP contribution in [-0.4, -0.2) is 18.6 Å². The normalized spacial score (nSPS) is 11.7. The zero-order valence-corrected chi connectivity index (χ0v) is 14.6. The van der Waals surface area contributed by atoms with Crippen LogP contribution in [0.4, 0.5) is 0 Å². The zero-order chi connectivity index (χ0) is 16.4. The molecule has 3 aromatic rings. The molecule has 0 radical (unpaired) electrons. The van der Waals surface area contributed by atoms with Crippen LogP contribution in [0.5, 0.6) is 0 Å². The van der Waals surface area contributed by atoms with Crippen molar-refractivity contribution in [1.29, 1.82) is 0 Å². The van der Waals surface area contributed by atoms with Gasteiger partial charge in [-0.15, -0.1) is 11.3 Å². The molecule has 3 rings (SSSR count). The van der Waals surface area contributed by atoms with Crippen LogP contribution in [0.3, 0.4) is 0 Å². The van der Waals surface area contributed by atoms with Crippen LogP contribution in [0.25, 0.3) is 10.6 Å². The van der Waals surface area contributed by atoms with E-state index in [1.54, 1.807) is 24.4 Å². The van der Waals surface area contributed by atoms with E-state index in [0.29, 0.717) is 27.2 Å². The van der Waals surface area contributed by atoms with Crippen LogP contribution in [0.2, 0.25) is 5.02 Å². The number of hydrogen-bond acceptors (Lipinski definition) is 6. The molecule has 0 aliphatic heterocycles. The number of benzene rings is 1. The lowest BCUT2D eigenvalue weighted by Gasteiger charge is -2.00. The van der Waals surface area contributed by atoms with Crippen molar-refractivity contribution < 1.29 is 12.9 Å². The Labute approximate surface area is 142 Å². The average Bonchev–Trinajstić information content (AvgIpc) is 3.08. The second kappa shape index (κ2) is 6.43. The van der Waals surface area contributed by atoms with Gasteiger partial charge in [0.25, 0.3) is 0 Å². The first kappa shape index (κ1) is 16.2. The van der Waals surface area contributed by atoms with E-state index in [1.165, 1.54) is 11.3 Å². The van der Waals surface area contributed by atoms with Gasteiger partial charge in [0.1, 0.15) is 10.8 Å². The van der Waals surface area contributed by atoms with E-state index in [-0.39, 0.29) is 11.5 Å². The van der Waals surface area contributed by atoms with Crippen molar-refractivity contribution in [1.82, 2.24) is 10.1 Å². The number of hydrogen-bond donors (Lipinski definition) is 0. The summed E-state index contributed by atoms with van der Waals surface area (Å²) in [5, 5.41) is 6.73. The van der Waals surface area contributed by atoms with Crippen LogP contribution >= 0.6 is 22.9 Å².